The summed E-state index contributed by atoms with van der Waals surface area (Å²) in [7, 11) is 2.91. The molecule has 1 aromatic heterocycles. The maximum absolute atomic E-state index is 10.8. The van der Waals surface area contributed by atoms with Crippen molar-refractivity contribution in [2.45, 2.75) is 6.04 Å². The van der Waals surface area contributed by atoms with E-state index in [1.807, 2.05) is 0 Å². The molecule has 2 N–H and O–H groups in total. The van der Waals surface area contributed by atoms with Gasteiger partial charge in [0.25, 0.3) is 11.6 Å². The molecule has 0 radical (unpaired) electrons. The van der Waals surface area contributed by atoms with E-state index in [2.05, 4.69) is 10.1 Å². The van der Waals surface area contributed by atoms with Gasteiger partial charge < -0.3 is 19.7 Å². The van der Waals surface area contributed by atoms with E-state index >= 15 is 0 Å². The first-order chi connectivity index (χ1) is 10.1. The Morgan fingerprint density at radius 3 is 2.86 bits per heavy atom. The SMILES string of the molecule is COCC(N)c1noc(-c2ccc([N+](=O)[O-])cc2OC)n1. The van der Waals surface area contributed by atoms with E-state index in [4.69, 9.17) is 19.7 Å². The molecule has 1 unspecified atom stereocenters. The van der Waals surface area contributed by atoms with E-state index in [9.17, 15) is 10.1 Å². The van der Waals surface area contributed by atoms with E-state index in [1.165, 1.54) is 32.4 Å². The molecule has 0 fully saturated rings. The Morgan fingerprint density at radius 1 is 1.48 bits per heavy atom. The van der Waals surface area contributed by atoms with Crippen LogP contribution < -0.4 is 10.5 Å². The van der Waals surface area contributed by atoms with Gasteiger partial charge in [-0.15, -0.1) is 0 Å². The van der Waals surface area contributed by atoms with Crippen LogP contribution in [0, 0.1) is 10.1 Å². The minimum absolute atomic E-state index is 0.0913. The molecule has 1 atom stereocenters. The summed E-state index contributed by atoms with van der Waals surface area (Å²) in [6.07, 6.45) is 0. The molecular weight excluding hydrogens is 280 g/mol. The van der Waals surface area contributed by atoms with Gasteiger partial charge in [-0.1, -0.05) is 5.16 Å². The Bertz CT molecular complexity index is 642. The van der Waals surface area contributed by atoms with Gasteiger partial charge in [0.05, 0.1) is 36.3 Å². The molecule has 0 aliphatic carbocycles. The van der Waals surface area contributed by atoms with Crippen LogP contribution in [0.3, 0.4) is 0 Å². The third kappa shape index (κ3) is 3.15. The Morgan fingerprint density at radius 2 is 2.24 bits per heavy atom. The van der Waals surface area contributed by atoms with Gasteiger partial charge in [0.15, 0.2) is 5.82 Å². The molecule has 112 valence electrons. The highest BCUT2D eigenvalue weighted by Gasteiger charge is 2.19. The van der Waals surface area contributed by atoms with Crippen LogP contribution in [0.15, 0.2) is 22.7 Å². The quantitative estimate of drug-likeness (QED) is 0.623. The highest BCUT2D eigenvalue weighted by atomic mass is 16.6. The number of benzene rings is 1. The lowest BCUT2D eigenvalue weighted by Gasteiger charge is -2.04. The molecule has 0 saturated heterocycles. The second kappa shape index (κ2) is 6.29. The summed E-state index contributed by atoms with van der Waals surface area (Å²) in [5.41, 5.74) is 6.16. The standard InChI is InChI=1S/C12H14N4O5/c1-19-6-9(13)11-14-12(21-15-11)8-4-3-7(16(17)18)5-10(8)20-2/h3-5,9H,6,13H2,1-2H3. The van der Waals surface area contributed by atoms with Gasteiger partial charge in [0.2, 0.25) is 0 Å². The van der Waals surface area contributed by atoms with Gasteiger partial charge >= 0.3 is 0 Å². The number of rotatable bonds is 6. The number of methoxy groups -OCH3 is 2. The van der Waals surface area contributed by atoms with Crippen LogP contribution in [0.1, 0.15) is 11.9 Å². The maximum Gasteiger partial charge on any atom is 0.273 e. The minimum Gasteiger partial charge on any atom is -0.496 e. The van der Waals surface area contributed by atoms with Gasteiger partial charge in [-0.25, -0.2) is 0 Å². The summed E-state index contributed by atoms with van der Waals surface area (Å²) in [6.45, 7) is 0.246. The lowest BCUT2D eigenvalue weighted by Crippen LogP contribution is -2.17. The highest BCUT2D eigenvalue weighted by Crippen LogP contribution is 2.32. The highest BCUT2D eigenvalue weighted by molar-refractivity contribution is 5.65. The van der Waals surface area contributed by atoms with Crippen molar-refractivity contribution in [2.24, 2.45) is 5.73 Å². The number of nitro groups is 1. The summed E-state index contributed by atoms with van der Waals surface area (Å²) in [6, 6.07) is 3.58. The van der Waals surface area contributed by atoms with Crippen molar-refractivity contribution in [3.8, 4) is 17.2 Å². The average Bonchev–Trinajstić information content (AvgIpc) is 2.96. The van der Waals surface area contributed by atoms with E-state index in [-0.39, 0.29) is 29.8 Å². The predicted molar refractivity (Wildman–Crippen MR) is 71.7 cm³/mol. The zero-order valence-corrected chi connectivity index (χ0v) is 11.5. The third-order valence-corrected chi connectivity index (χ3v) is 2.75. The van der Waals surface area contributed by atoms with Gasteiger partial charge in [0, 0.05) is 13.2 Å². The van der Waals surface area contributed by atoms with Crippen molar-refractivity contribution in [1.82, 2.24) is 10.1 Å². The molecule has 0 aliphatic heterocycles. The lowest BCUT2D eigenvalue weighted by molar-refractivity contribution is -0.384. The largest absolute Gasteiger partial charge is 0.496 e. The number of hydrogen-bond acceptors (Lipinski definition) is 8. The van der Waals surface area contributed by atoms with Crippen LogP contribution in [0.2, 0.25) is 0 Å². The van der Waals surface area contributed by atoms with E-state index < -0.39 is 11.0 Å². The number of non-ortho nitro benzene ring substituents is 1. The summed E-state index contributed by atoms with van der Waals surface area (Å²) in [5, 5.41) is 14.5. The van der Waals surface area contributed by atoms with Crippen LogP contribution in [0.4, 0.5) is 5.69 Å². The smallest absolute Gasteiger partial charge is 0.273 e. The summed E-state index contributed by atoms with van der Waals surface area (Å²) >= 11 is 0. The number of nitro benzene ring substituents is 1. The summed E-state index contributed by atoms with van der Waals surface area (Å²) < 4.78 is 15.1. The number of nitrogens with zero attached hydrogens (tertiary/aromatic N) is 3. The van der Waals surface area contributed by atoms with Gasteiger partial charge in [-0.3, -0.25) is 10.1 Å². The molecule has 21 heavy (non-hydrogen) atoms. The molecular formula is C12H14N4O5. The van der Waals surface area contributed by atoms with Gasteiger partial charge in [-0.05, 0) is 6.07 Å². The number of hydrogen-bond donors (Lipinski definition) is 1. The first-order valence-electron chi connectivity index (χ1n) is 5.97. The third-order valence-electron chi connectivity index (χ3n) is 2.75. The summed E-state index contributed by atoms with van der Waals surface area (Å²) in [4.78, 5) is 14.4. The number of nitrogens with two attached hydrogens (primary N) is 1. The molecule has 1 heterocycles. The van der Waals surface area contributed by atoms with Crippen LogP contribution in [0.25, 0.3) is 11.5 Å². The second-order valence-corrected chi connectivity index (χ2v) is 4.16. The topological polar surface area (TPSA) is 127 Å². The van der Waals surface area contributed by atoms with E-state index in [0.29, 0.717) is 5.56 Å². The monoisotopic (exact) mass is 294 g/mol. The molecule has 9 heteroatoms. The van der Waals surface area contributed by atoms with E-state index in [1.54, 1.807) is 0 Å². The lowest BCUT2D eigenvalue weighted by atomic mass is 10.2. The second-order valence-electron chi connectivity index (χ2n) is 4.16. The Kier molecular flexibility index (Phi) is 4.45. The van der Waals surface area contributed by atoms with Crippen molar-refractivity contribution in [1.29, 1.82) is 0 Å². The van der Waals surface area contributed by atoms with Crippen LogP contribution in [0.5, 0.6) is 5.75 Å². The number of aromatic nitrogens is 2. The molecule has 2 aromatic rings. The van der Waals surface area contributed by atoms with Crippen LogP contribution in [-0.4, -0.2) is 35.9 Å². The Labute approximate surface area is 119 Å². The van der Waals surface area contributed by atoms with Crippen LogP contribution in [-0.2, 0) is 4.74 Å². The molecule has 0 amide bonds. The first kappa shape index (κ1) is 14.9. The predicted octanol–water partition coefficient (Wildman–Crippen LogP) is 1.30. The molecule has 0 spiro atoms. The molecule has 0 saturated carbocycles. The van der Waals surface area contributed by atoms with Crippen molar-refractivity contribution < 1.29 is 18.9 Å². The van der Waals surface area contributed by atoms with E-state index in [0.717, 1.165) is 0 Å². The molecule has 9 nitrogen and oxygen atoms in total. The molecule has 0 aliphatic rings. The summed E-state index contributed by atoms with van der Waals surface area (Å²) in [5.74, 6) is 0.718. The maximum atomic E-state index is 10.8. The van der Waals surface area contributed by atoms with Crippen molar-refractivity contribution in [2.75, 3.05) is 20.8 Å². The minimum atomic E-state index is -0.517. The molecule has 0 bridgehead atoms. The van der Waals surface area contributed by atoms with Gasteiger partial charge in [-0.2, -0.15) is 4.98 Å². The van der Waals surface area contributed by atoms with Crippen molar-refractivity contribution in [3.05, 3.63) is 34.1 Å². The first-order valence-corrected chi connectivity index (χ1v) is 5.97. The normalized spacial score (nSPS) is 12.1. The fourth-order valence-corrected chi connectivity index (χ4v) is 1.72. The fraction of sp³-hybridized carbons (Fsp3) is 0.333. The average molecular weight is 294 g/mol. The van der Waals surface area contributed by atoms with Crippen molar-refractivity contribution in [3.63, 3.8) is 0 Å². The van der Waals surface area contributed by atoms with Crippen molar-refractivity contribution >= 4 is 5.69 Å². The Balaban J connectivity index is 2.35. The number of ether oxygens (including phenoxy) is 2. The van der Waals surface area contributed by atoms with Gasteiger partial charge in [0.1, 0.15) is 5.75 Å². The van der Waals surface area contributed by atoms with Crippen LogP contribution >= 0.6 is 0 Å². The fourth-order valence-electron chi connectivity index (χ4n) is 1.72. The molecule has 1 aromatic carbocycles. The Hall–Kier alpha value is -2.52. The zero-order chi connectivity index (χ0) is 15.4. The molecule has 2 rings (SSSR count). The zero-order valence-electron chi connectivity index (χ0n) is 11.5.